The molecule has 108 valence electrons. The average molecular weight is 321 g/mol. The normalized spacial score (nSPS) is 11.5. The standard InChI is InChI=1S/C12H11N5O2S2/c13-16-10-3-4-14-6-12(10)21(18,19)17-8-1-2-9-11(5-8)20-7-15-9/h1-7,17H,13H2,(H,14,16). The molecule has 9 heteroatoms. The van der Waals surface area contributed by atoms with E-state index in [0.29, 0.717) is 5.69 Å². The molecular formula is C12H11N5O2S2. The number of nitrogens with two attached hydrogens (primary N) is 1. The third-order valence-corrected chi connectivity index (χ3v) is 5.01. The minimum atomic E-state index is -3.78. The fourth-order valence-electron chi connectivity index (χ4n) is 1.84. The van der Waals surface area contributed by atoms with Crippen molar-refractivity contribution in [1.29, 1.82) is 0 Å². The van der Waals surface area contributed by atoms with Crippen LogP contribution in [0.25, 0.3) is 10.2 Å². The largest absolute Gasteiger partial charge is 0.323 e. The van der Waals surface area contributed by atoms with E-state index < -0.39 is 10.0 Å². The summed E-state index contributed by atoms with van der Waals surface area (Å²) in [5.41, 5.74) is 5.61. The molecule has 7 nitrogen and oxygen atoms in total. The Morgan fingerprint density at radius 3 is 2.90 bits per heavy atom. The fraction of sp³-hybridized carbons (Fsp3) is 0. The van der Waals surface area contributed by atoms with Gasteiger partial charge in [0, 0.05) is 12.4 Å². The Morgan fingerprint density at radius 1 is 1.24 bits per heavy atom. The van der Waals surface area contributed by atoms with E-state index in [1.807, 2.05) is 0 Å². The summed E-state index contributed by atoms with van der Waals surface area (Å²) >= 11 is 1.44. The van der Waals surface area contributed by atoms with Crippen molar-refractivity contribution in [2.24, 2.45) is 5.84 Å². The molecule has 0 bridgehead atoms. The number of nitrogen functional groups attached to an aromatic ring is 1. The smallest absolute Gasteiger partial charge is 0.265 e. The van der Waals surface area contributed by atoms with Gasteiger partial charge in [-0.05, 0) is 24.3 Å². The Bertz CT molecular complexity index is 891. The van der Waals surface area contributed by atoms with Crippen molar-refractivity contribution < 1.29 is 8.42 Å². The molecule has 0 fully saturated rings. The van der Waals surface area contributed by atoms with Crippen LogP contribution in [0.2, 0.25) is 0 Å². The fourth-order valence-corrected chi connectivity index (χ4v) is 3.72. The molecule has 0 atom stereocenters. The quantitative estimate of drug-likeness (QED) is 0.499. The summed E-state index contributed by atoms with van der Waals surface area (Å²) in [5.74, 6) is 5.32. The van der Waals surface area contributed by atoms with Crippen LogP contribution in [0, 0.1) is 0 Å². The van der Waals surface area contributed by atoms with Crippen molar-refractivity contribution in [3.63, 3.8) is 0 Å². The third kappa shape index (κ3) is 2.66. The first-order valence-electron chi connectivity index (χ1n) is 5.87. The molecule has 4 N–H and O–H groups in total. The number of fused-ring (bicyclic) bond motifs is 1. The van der Waals surface area contributed by atoms with Gasteiger partial charge in [0.1, 0.15) is 4.90 Å². The Morgan fingerprint density at radius 2 is 2.10 bits per heavy atom. The number of hydrazine groups is 1. The molecule has 0 aliphatic carbocycles. The van der Waals surface area contributed by atoms with Gasteiger partial charge in [0.15, 0.2) is 0 Å². The summed E-state index contributed by atoms with van der Waals surface area (Å²) in [6.07, 6.45) is 2.69. The van der Waals surface area contributed by atoms with Gasteiger partial charge in [0.05, 0.1) is 27.1 Å². The zero-order chi connectivity index (χ0) is 14.9. The number of pyridine rings is 1. The van der Waals surface area contributed by atoms with Gasteiger partial charge in [-0.1, -0.05) is 0 Å². The lowest BCUT2D eigenvalue weighted by Crippen LogP contribution is -2.17. The average Bonchev–Trinajstić information content (AvgIpc) is 2.94. The van der Waals surface area contributed by atoms with E-state index >= 15 is 0 Å². The molecule has 1 aromatic carbocycles. The van der Waals surface area contributed by atoms with Gasteiger partial charge in [0.25, 0.3) is 10.0 Å². The molecule has 0 amide bonds. The molecule has 0 radical (unpaired) electrons. The van der Waals surface area contributed by atoms with Gasteiger partial charge < -0.3 is 5.43 Å². The van der Waals surface area contributed by atoms with E-state index in [1.54, 1.807) is 23.7 Å². The summed E-state index contributed by atoms with van der Waals surface area (Å²) in [4.78, 5) is 7.95. The summed E-state index contributed by atoms with van der Waals surface area (Å²) in [5, 5.41) is 0. The van der Waals surface area contributed by atoms with Crippen molar-refractivity contribution in [3.05, 3.63) is 42.2 Å². The van der Waals surface area contributed by atoms with Crippen LogP contribution in [-0.2, 0) is 10.0 Å². The molecule has 3 rings (SSSR count). The summed E-state index contributed by atoms with van der Waals surface area (Å²) < 4.78 is 28.2. The van der Waals surface area contributed by atoms with Crippen LogP contribution in [-0.4, -0.2) is 18.4 Å². The number of nitrogens with one attached hydrogen (secondary N) is 2. The molecule has 0 saturated carbocycles. The van der Waals surface area contributed by atoms with Crippen molar-refractivity contribution in [3.8, 4) is 0 Å². The first-order valence-corrected chi connectivity index (χ1v) is 8.23. The Labute approximate surface area is 124 Å². The summed E-state index contributed by atoms with van der Waals surface area (Å²) in [7, 11) is -3.78. The lowest BCUT2D eigenvalue weighted by molar-refractivity contribution is 0.601. The second-order valence-electron chi connectivity index (χ2n) is 4.16. The highest BCUT2D eigenvalue weighted by Crippen LogP contribution is 2.25. The molecule has 2 heterocycles. The van der Waals surface area contributed by atoms with E-state index in [-0.39, 0.29) is 10.6 Å². The van der Waals surface area contributed by atoms with Gasteiger partial charge in [0.2, 0.25) is 0 Å². The van der Waals surface area contributed by atoms with Gasteiger partial charge in [-0.25, -0.2) is 13.4 Å². The molecule has 0 aliphatic rings. The Hall–Kier alpha value is -2.23. The van der Waals surface area contributed by atoms with Gasteiger partial charge in [-0.3, -0.25) is 15.5 Å². The van der Waals surface area contributed by atoms with Crippen LogP contribution in [0.4, 0.5) is 11.4 Å². The topological polar surface area (TPSA) is 110 Å². The number of sulfonamides is 1. The number of nitrogens with zero attached hydrogens (tertiary/aromatic N) is 2. The van der Waals surface area contributed by atoms with Gasteiger partial charge in [-0.2, -0.15) is 0 Å². The van der Waals surface area contributed by atoms with E-state index in [2.05, 4.69) is 20.1 Å². The number of thiazole rings is 1. The number of benzene rings is 1. The number of anilines is 2. The predicted octanol–water partition coefficient (Wildman–Crippen LogP) is 1.78. The zero-order valence-corrected chi connectivity index (χ0v) is 12.3. The lowest BCUT2D eigenvalue weighted by atomic mass is 10.3. The first-order chi connectivity index (χ1) is 10.1. The molecule has 0 spiro atoms. The zero-order valence-electron chi connectivity index (χ0n) is 10.6. The minimum Gasteiger partial charge on any atom is -0.323 e. The minimum absolute atomic E-state index is 0.0168. The van der Waals surface area contributed by atoms with Crippen LogP contribution in [0.5, 0.6) is 0 Å². The number of aromatic nitrogens is 2. The van der Waals surface area contributed by atoms with E-state index in [9.17, 15) is 8.42 Å². The third-order valence-electron chi connectivity index (χ3n) is 2.81. The van der Waals surface area contributed by atoms with E-state index in [4.69, 9.17) is 5.84 Å². The highest BCUT2D eigenvalue weighted by atomic mass is 32.2. The number of rotatable bonds is 4. The van der Waals surface area contributed by atoms with E-state index in [1.165, 1.54) is 29.8 Å². The molecule has 2 aromatic heterocycles. The van der Waals surface area contributed by atoms with Crippen molar-refractivity contribution in [1.82, 2.24) is 9.97 Å². The first kappa shape index (κ1) is 13.7. The Balaban J connectivity index is 1.98. The maximum absolute atomic E-state index is 12.4. The van der Waals surface area contributed by atoms with Crippen molar-refractivity contribution in [2.45, 2.75) is 4.90 Å². The van der Waals surface area contributed by atoms with E-state index in [0.717, 1.165) is 10.2 Å². The SMILES string of the molecule is NNc1ccncc1S(=O)(=O)Nc1ccc2ncsc2c1. The second kappa shape index (κ2) is 5.28. The van der Waals surface area contributed by atoms with Crippen LogP contribution in [0.3, 0.4) is 0 Å². The molecular weight excluding hydrogens is 310 g/mol. The number of hydrogen-bond donors (Lipinski definition) is 3. The van der Waals surface area contributed by atoms with Crippen molar-refractivity contribution >= 4 is 43.0 Å². The monoisotopic (exact) mass is 321 g/mol. The van der Waals surface area contributed by atoms with Gasteiger partial charge in [-0.15, -0.1) is 11.3 Å². The number of hydrogen-bond acceptors (Lipinski definition) is 7. The molecule has 0 saturated heterocycles. The van der Waals surface area contributed by atoms with Crippen LogP contribution in [0.1, 0.15) is 0 Å². The molecule has 0 unspecified atom stereocenters. The van der Waals surface area contributed by atoms with Crippen LogP contribution >= 0.6 is 11.3 Å². The maximum Gasteiger partial charge on any atom is 0.265 e. The second-order valence-corrected chi connectivity index (χ2v) is 6.69. The summed E-state index contributed by atoms with van der Waals surface area (Å²) in [6.45, 7) is 0. The van der Waals surface area contributed by atoms with Crippen molar-refractivity contribution in [2.75, 3.05) is 10.1 Å². The maximum atomic E-state index is 12.4. The molecule has 3 aromatic rings. The molecule has 0 aliphatic heterocycles. The Kier molecular flexibility index (Phi) is 3.45. The van der Waals surface area contributed by atoms with Gasteiger partial charge >= 0.3 is 0 Å². The predicted molar refractivity (Wildman–Crippen MR) is 82.5 cm³/mol. The van der Waals surface area contributed by atoms with Crippen LogP contribution in [0.15, 0.2) is 47.1 Å². The lowest BCUT2D eigenvalue weighted by Gasteiger charge is -2.11. The summed E-state index contributed by atoms with van der Waals surface area (Å²) in [6, 6.07) is 6.64. The van der Waals surface area contributed by atoms with Crippen LogP contribution < -0.4 is 16.0 Å². The highest BCUT2D eigenvalue weighted by Gasteiger charge is 2.19. The molecule has 21 heavy (non-hydrogen) atoms. The highest BCUT2D eigenvalue weighted by molar-refractivity contribution is 7.92.